The Balaban J connectivity index is 1.82. The van der Waals surface area contributed by atoms with Gasteiger partial charge in [-0.2, -0.15) is 0 Å². The fourth-order valence-corrected chi connectivity index (χ4v) is 2.97. The van der Waals surface area contributed by atoms with Crippen molar-refractivity contribution in [3.05, 3.63) is 51.5 Å². The van der Waals surface area contributed by atoms with Crippen LogP contribution in [-0.4, -0.2) is 23.5 Å². The Morgan fingerprint density at radius 3 is 2.67 bits per heavy atom. The van der Waals surface area contributed by atoms with Gasteiger partial charge in [0.25, 0.3) is 0 Å². The topological polar surface area (TPSA) is 28.2 Å². The van der Waals surface area contributed by atoms with Crippen LogP contribution in [-0.2, 0) is 19.6 Å². The molecule has 114 valence electrons. The summed E-state index contributed by atoms with van der Waals surface area (Å²) in [4.78, 5) is 7.00. The molecule has 0 aliphatic rings. The predicted octanol–water partition coefficient (Wildman–Crippen LogP) is 3.58. The highest BCUT2D eigenvalue weighted by Gasteiger charge is 2.06. The second-order valence-corrected chi connectivity index (χ2v) is 6.51. The van der Waals surface area contributed by atoms with Gasteiger partial charge >= 0.3 is 0 Å². The van der Waals surface area contributed by atoms with Crippen LogP contribution in [0.1, 0.15) is 35.2 Å². The van der Waals surface area contributed by atoms with Gasteiger partial charge in [-0.15, -0.1) is 11.3 Å². The Morgan fingerprint density at radius 2 is 1.95 bits per heavy atom. The first-order valence-corrected chi connectivity index (χ1v) is 8.43. The van der Waals surface area contributed by atoms with Gasteiger partial charge in [0.05, 0.1) is 5.69 Å². The molecule has 1 aromatic heterocycles. The molecule has 2 rings (SSSR count). The molecule has 1 aromatic carbocycles. The summed E-state index contributed by atoms with van der Waals surface area (Å²) < 4.78 is 0. The first-order chi connectivity index (χ1) is 10.2. The van der Waals surface area contributed by atoms with Crippen LogP contribution in [0.25, 0.3) is 0 Å². The fourth-order valence-electron chi connectivity index (χ4n) is 2.21. The molecule has 3 nitrogen and oxygen atoms in total. The highest BCUT2D eigenvalue weighted by molar-refractivity contribution is 7.09. The van der Waals surface area contributed by atoms with Crippen molar-refractivity contribution in [1.82, 2.24) is 15.2 Å². The fraction of sp³-hybridized carbons (Fsp3) is 0.471. The van der Waals surface area contributed by atoms with Gasteiger partial charge in [0.1, 0.15) is 5.01 Å². The molecular weight excluding hydrogens is 278 g/mol. The lowest BCUT2D eigenvalue weighted by atomic mass is 10.1. The van der Waals surface area contributed by atoms with E-state index < -0.39 is 0 Å². The van der Waals surface area contributed by atoms with Crippen molar-refractivity contribution >= 4 is 11.3 Å². The molecule has 4 heteroatoms. The Hall–Kier alpha value is -1.23. The van der Waals surface area contributed by atoms with Gasteiger partial charge in [-0.1, -0.05) is 36.8 Å². The number of benzene rings is 1. The molecule has 2 aromatic rings. The van der Waals surface area contributed by atoms with Crippen LogP contribution < -0.4 is 5.32 Å². The molecule has 0 saturated carbocycles. The molecule has 0 bridgehead atoms. The van der Waals surface area contributed by atoms with E-state index in [2.05, 4.69) is 60.8 Å². The Morgan fingerprint density at radius 1 is 1.19 bits per heavy atom. The zero-order chi connectivity index (χ0) is 15.1. The number of nitrogens with one attached hydrogen (secondary N) is 1. The second kappa shape index (κ2) is 8.27. The average Bonchev–Trinajstić information content (AvgIpc) is 2.89. The summed E-state index contributed by atoms with van der Waals surface area (Å²) in [5.41, 5.74) is 3.83. The number of aromatic nitrogens is 1. The van der Waals surface area contributed by atoms with E-state index in [-0.39, 0.29) is 0 Å². The van der Waals surface area contributed by atoms with Gasteiger partial charge in [0.15, 0.2) is 0 Å². The summed E-state index contributed by atoms with van der Waals surface area (Å²) in [6, 6.07) is 8.74. The van der Waals surface area contributed by atoms with E-state index >= 15 is 0 Å². The van der Waals surface area contributed by atoms with Crippen LogP contribution in [0.3, 0.4) is 0 Å². The van der Waals surface area contributed by atoms with Crippen molar-refractivity contribution in [2.45, 2.75) is 39.9 Å². The van der Waals surface area contributed by atoms with Crippen molar-refractivity contribution < 1.29 is 0 Å². The number of hydrogen-bond acceptors (Lipinski definition) is 4. The Labute approximate surface area is 132 Å². The van der Waals surface area contributed by atoms with Crippen molar-refractivity contribution in [3.8, 4) is 0 Å². The normalized spacial score (nSPS) is 11.2. The van der Waals surface area contributed by atoms with Crippen LogP contribution in [0.15, 0.2) is 29.6 Å². The first-order valence-electron chi connectivity index (χ1n) is 7.55. The molecular formula is C17H25N3S. The minimum Gasteiger partial charge on any atom is -0.310 e. The molecule has 0 radical (unpaired) electrons. The first kappa shape index (κ1) is 16.1. The second-order valence-electron chi connectivity index (χ2n) is 5.57. The summed E-state index contributed by atoms with van der Waals surface area (Å²) in [5, 5.41) is 6.76. The summed E-state index contributed by atoms with van der Waals surface area (Å²) in [7, 11) is 2.15. The van der Waals surface area contributed by atoms with Crippen molar-refractivity contribution in [2.24, 2.45) is 0 Å². The monoisotopic (exact) mass is 303 g/mol. The van der Waals surface area contributed by atoms with Crippen LogP contribution in [0.2, 0.25) is 0 Å². The molecule has 0 aliphatic heterocycles. The maximum Gasteiger partial charge on any atom is 0.107 e. The third-order valence-electron chi connectivity index (χ3n) is 3.31. The zero-order valence-electron chi connectivity index (χ0n) is 13.2. The van der Waals surface area contributed by atoms with Crippen LogP contribution in [0.4, 0.5) is 0 Å². The molecule has 21 heavy (non-hydrogen) atoms. The van der Waals surface area contributed by atoms with E-state index in [0.29, 0.717) is 0 Å². The van der Waals surface area contributed by atoms with Crippen molar-refractivity contribution in [3.63, 3.8) is 0 Å². The number of thiazole rings is 1. The van der Waals surface area contributed by atoms with Crippen molar-refractivity contribution in [1.29, 1.82) is 0 Å². The van der Waals surface area contributed by atoms with Gasteiger partial charge in [0, 0.05) is 25.0 Å². The van der Waals surface area contributed by atoms with Crippen LogP contribution in [0.5, 0.6) is 0 Å². The highest BCUT2D eigenvalue weighted by atomic mass is 32.1. The Kier molecular flexibility index (Phi) is 6.36. The maximum absolute atomic E-state index is 4.69. The molecule has 0 spiro atoms. The SMILES string of the molecule is CCCNCc1nc(CN(C)Cc2ccc(C)cc2)cs1. The number of aryl methyl sites for hydroxylation is 1. The van der Waals surface area contributed by atoms with Gasteiger partial charge < -0.3 is 5.32 Å². The van der Waals surface area contributed by atoms with E-state index in [1.54, 1.807) is 11.3 Å². The molecule has 1 heterocycles. The summed E-state index contributed by atoms with van der Waals surface area (Å²) in [6.07, 6.45) is 1.16. The number of hydrogen-bond donors (Lipinski definition) is 1. The van der Waals surface area contributed by atoms with E-state index in [1.165, 1.54) is 21.8 Å². The van der Waals surface area contributed by atoms with Crippen molar-refractivity contribution in [2.75, 3.05) is 13.6 Å². The molecule has 0 aliphatic carbocycles. The molecule has 0 amide bonds. The third kappa shape index (κ3) is 5.58. The van der Waals surface area contributed by atoms with Gasteiger partial charge in [0.2, 0.25) is 0 Å². The quantitative estimate of drug-likeness (QED) is 0.756. The summed E-state index contributed by atoms with van der Waals surface area (Å²) in [6.45, 7) is 8.11. The molecule has 0 unspecified atom stereocenters. The smallest absolute Gasteiger partial charge is 0.107 e. The molecule has 1 N–H and O–H groups in total. The number of rotatable bonds is 8. The van der Waals surface area contributed by atoms with Gasteiger partial charge in [-0.05, 0) is 32.5 Å². The van der Waals surface area contributed by atoms with Gasteiger partial charge in [-0.3, -0.25) is 4.90 Å². The molecule has 0 fully saturated rings. The average molecular weight is 303 g/mol. The third-order valence-corrected chi connectivity index (χ3v) is 4.20. The summed E-state index contributed by atoms with van der Waals surface area (Å²) >= 11 is 1.75. The predicted molar refractivity (Wildman–Crippen MR) is 90.5 cm³/mol. The van der Waals surface area contributed by atoms with Crippen LogP contribution >= 0.6 is 11.3 Å². The van der Waals surface area contributed by atoms with E-state index in [0.717, 1.165) is 32.6 Å². The largest absolute Gasteiger partial charge is 0.310 e. The highest BCUT2D eigenvalue weighted by Crippen LogP contribution is 2.13. The van der Waals surface area contributed by atoms with Gasteiger partial charge in [-0.25, -0.2) is 4.98 Å². The lowest BCUT2D eigenvalue weighted by molar-refractivity contribution is 0.315. The van der Waals surface area contributed by atoms with Crippen LogP contribution in [0, 0.1) is 6.92 Å². The van der Waals surface area contributed by atoms with E-state index in [4.69, 9.17) is 4.98 Å². The van der Waals surface area contributed by atoms with E-state index in [1.807, 2.05) is 0 Å². The zero-order valence-corrected chi connectivity index (χ0v) is 14.0. The molecule has 0 saturated heterocycles. The molecule has 0 atom stereocenters. The van der Waals surface area contributed by atoms with E-state index in [9.17, 15) is 0 Å². The summed E-state index contributed by atoms with van der Waals surface area (Å²) in [5.74, 6) is 0. The lowest BCUT2D eigenvalue weighted by Crippen LogP contribution is -2.18. The minimum atomic E-state index is 0.889. The maximum atomic E-state index is 4.69. The standard InChI is InChI=1S/C17H25N3S/c1-4-9-18-10-17-19-16(13-21-17)12-20(3)11-15-7-5-14(2)6-8-15/h5-8,13,18H,4,9-12H2,1-3H3. The Bertz CT molecular complexity index is 533. The lowest BCUT2D eigenvalue weighted by Gasteiger charge is -2.15. The number of nitrogens with zero attached hydrogens (tertiary/aromatic N) is 2. The minimum absolute atomic E-state index is 0.889.